The minimum absolute atomic E-state index is 0.764. The highest BCUT2D eigenvalue weighted by atomic mass is 15.0. The van der Waals surface area contributed by atoms with Gasteiger partial charge in [0.15, 0.2) is 6.19 Å². The molecular weight excluding hydrogens is 114 g/mol. The van der Waals surface area contributed by atoms with Gasteiger partial charge in [-0.1, -0.05) is 6.08 Å². The highest BCUT2D eigenvalue weighted by molar-refractivity contribution is 5.84. The fraction of sp³-hybridized carbons (Fsp3) is 0.333. The van der Waals surface area contributed by atoms with Crippen LogP contribution in [0.1, 0.15) is 12.8 Å². The second-order valence-electron chi connectivity index (χ2n) is 1.74. The fourth-order valence-corrected chi connectivity index (χ4v) is 0.661. The number of nitrogens with one attached hydrogen (secondary N) is 1. The highest BCUT2D eigenvalue weighted by Gasteiger charge is 1.97. The van der Waals surface area contributed by atoms with Crippen LogP contribution in [-0.4, -0.2) is 5.84 Å². The van der Waals surface area contributed by atoms with E-state index in [9.17, 15) is 0 Å². The minimum Gasteiger partial charge on any atom is -0.280 e. The molecule has 0 saturated heterocycles. The number of nitriles is 1. The average Bonchev–Trinajstić information content (AvgIpc) is 1.91. The molecular formula is C6H7N3. The summed E-state index contributed by atoms with van der Waals surface area (Å²) in [6.45, 7) is 0. The predicted octanol–water partition coefficient (Wildman–Crippen LogP) is 0.763. The van der Waals surface area contributed by atoms with E-state index in [0.717, 1.165) is 18.7 Å². The molecule has 0 atom stereocenters. The summed E-state index contributed by atoms with van der Waals surface area (Å²) >= 11 is 0. The lowest BCUT2D eigenvalue weighted by Gasteiger charge is -2.02. The SMILES string of the molecule is N#CNC1=NC=CCC1. The predicted molar refractivity (Wildman–Crippen MR) is 34.6 cm³/mol. The molecule has 0 aromatic carbocycles. The van der Waals surface area contributed by atoms with Crippen LogP contribution in [0.15, 0.2) is 17.3 Å². The maximum absolute atomic E-state index is 8.15. The summed E-state index contributed by atoms with van der Waals surface area (Å²) in [4.78, 5) is 3.92. The summed E-state index contributed by atoms with van der Waals surface area (Å²) in [5, 5.41) is 10.6. The Bertz CT molecular complexity index is 185. The van der Waals surface area contributed by atoms with Crippen molar-refractivity contribution in [1.82, 2.24) is 5.32 Å². The van der Waals surface area contributed by atoms with Crippen LogP contribution in [0.5, 0.6) is 0 Å². The average molecular weight is 121 g/mol. The first-order valence-corrected chi connectivity index (χ1v) is 2.80. The molecule has 0 unspecified atom stereocenters. The summed E-state index contributed by atoms with van der Waals surface area (Å²) in [6, 6.07) is 0. The highest BCUT2D eigenvalue weighted by Crippen LogP contribution is 1.99. The molecule has 1 rings (SSSR count). The van der Waals surface area contributed by atoms with Crippen LogP contribution in [0.2, 0.25) is 0 Å². The Morgan fingerprint density at radius 2 is 2.67 bits per heavy atom. The minimum atomic E-state index is 0.764. The van der Waals surface area contributed by atoms with Crippen molar-refractivity contribution in [3.05, 3.63) is 12.3 Å². The molecule has 46 valence electrons. The van der Waals surface area contributed by atoms with E-state index in [1.807, 2.05) is 12.3 Å². The van der Waals surface area contributed by atoms with Crippen LogP contribution in [0.25, 0.3) is 0 Å². The molecule has 1 N–H and O–H groups in total. The van der Waals surface area contributed by atoms with E-state index in [2.05, 4.69) is 10.3 Å². The Balaban J connectivity index is 2.50. The van der Waals surface area contributed by atoms with Crippen molar-refractivity contribution in [1.29, 1.82) is 5.26 Å². The van der Waals surface area contributed by atoms with E-state index in [1.165, 1.54) is 0 Å². The number of aliphatic imine (C=N–C) groups is 1. The third-order valence-corrected chi connectivity index (χ3v) is 1.08. The summed E-state index contributed by atoms with van der Waals surface area (Å²) < 4.78 is 0. The van der Waals surface area contributed by atoms with Crippen LogP contribution in [0.4, 0.5) is 0 Å². The zero-order valence-electron chi connectivity index (χ0n) is 4.96. The molecule has 1 aliphatic rings. The number of nitrogens with zero attached hydrogens (tertiary/aromatic N) is 2. The van der Waals surface area contributed by atoms with Crippen LogP contribution in [-0.2, 0) is 0 Å². The van der Waals surface area contributed by atoms with Crippen molar-refractivity contribution in [3.63, 3.8) is 0 Å². The van der Waals surface area contributed by atoms with E-state index < -0.39 is 0 Å². The summed E-state index contributed by atoms with van der Waals surface area (Å²) in [7, 11) is 0. The van der Waals surface area contributed by atoms with Gasteiger partial charge in [0.05, 0.1) is 0 Å². The van der Waals surface area contributed by atoms with Gasteiger partial charge in [-0.05, 0) is 6.42 Å². The largest absolute Gasteiger partial charge is 0.280 e. The third kappa shape index (κ3) is 1.57. The van der Waals surface area contributed by atoms with Gasteiger partial charge in [-0.25, -0.2) is 4.99 Å². The second kappa shape index (κ2) is 2.88. The van der Waals surface area contributed by atoms with Gasteiger partial charge in [0.2, 0.25) is 0 Å². The quantitative estimate of drug-likeness (QED) is 0.380. The van der Waals surface area contributed by atoms with Crippen LogP contribution < -0.4 is 5.32 Å². The maximum Gasteiger partial charge on any atom is 0.182 e. The lowest BCUT2D eigenvalue weighted by Crippen LogP contribution is -2.17. The zero-order chi connectivity index (χ0) is 6.53. The molecule has 9 heavy (non-hydrogen) atoms. The van der Waals surface area contributed by atoms with Crippen molar-refractivity contribution in [2.75, 3.05) is 0 Å². The second-order valence-corrected chi connectivity index (χ2v) is 1.74. The Morgan fingerprint density at radius 3 is 3.22 bits per heavy atom. The van der Waals surface area contributed by atoms with Gasteiger partial charge < -0.3 is 0 Å². The van der Waals surface area contributed by atoms with Crippen LogP contribution in [0.3, 0.4) is 0 Å². The maximum atomic E-state index is 8.15. The molecule has 0 aliphatic carbocycles. The Kier molecular flexibility index (Phi) is 1.86. The van der Waals surface area contributed by atoms with Gasteiger partial charge in [-0.3, -0.25) is 5.32 Å². The molecule has 0 aromatic rings. The van der Waals surface area contributed by atoms with Crippen molar-refractivity contribution in [2.45, 2.75) is 12.8 Å². The molecule has 0 aromatic heterocycles. The fourth-order valence-electron chi connectivity index (χ4n) is 0.661. The Morgan fingerprint density at radius 1 is 1.78 bits per heavy atom. The van der Waals surface area contributed by atoms with E-state index in [1.54, 1.807) is 6.20 Å². The summed E-state index contributed by atoms with van der Waals surface area (Å²) in [5.74, 6) is 0.764. The Labute approximate surface area is 53.7 Å². The molecule has 0 fully saturated rings. The zero-order valence-corrected chi connectivity index (χ0v) is 4.96. The monoisotopic (exact) mass is 121 g/mol. The molecule has 0 radical (unpaired) electrons. The molecule has 0 spiro atoms. The van der Waals surface area contributed by atoms with Crippen molar-refractivity contribution < 1.29 is 0 Å². The molecule has 1 heterocycles. The number of amidine groups is 1. The van der Waals surface area contributed by atoms with E-state index >= 15 is 0 Å². The van der Waals surface area contributed by atoms with Gasteiger partial charge >= 0.3 is 0 Å². The molecule has 0 amide bonds. The lowest BCUT2D eigenvalue weighted by molar-refractivity contribution is 1.01. The van der Waals surface area contributed by atoms with Gasteiger partial charge in [0.1, 0.15) is 5.84 Å². The lowest BCUT2D eigenvalue weighted by atomic mass is 10.2. The van der Waals surface area contributed by atoms with Crippen molar-refractivity contribution in [3.8, 4) is 6.19 Å². The number of allylic oxidation sites excluding steroid dienone is 1. The number of hydrogen-bond acceptors (Lipinski definition) is 3. The van der Waals surface area contributed by atoms with Crippen molar-refractivity contribution >= 4 is 5.84 Å². The van der Waals surface area contributed by atoms with Crippen LogP contribution in [0, 0.1) is 11.5 Å². The number of rotatable bonds is 0. The van der Waals surface area contributed by atoms with E-state index in [-0.39, 0.29) is 0 Å². The first-order chi connectivity index (χ1) is 4.43. The van der Waals surface area contributed by atoms with E-state index in [0.29, 0.717) is 0 Å². The van der Waals surface area contributed by atoms with Gasteiger partial charge in [-0.2, -0.15) is 5.26 Å². The molecule has 3 nitrogen and oxygen atoms in total. The summed E-state index contributed by atoms with van der Waals surface area (Å²) in [5.41, 5.74) is 0. The van der Waals surface area contributed by atoms with E-state index in [4.69, 9.17) is 5.26 Å². The molecule has 1 aliphatic heterocycles. The number of hydrogen-bond donors (Lipinski definition) is 1. The first kappa shape index (κ1) is 5.83. The van der Waals surface area contributed by atoms with Gasteiger partial charge in [-0.15, -0.1) is 0 Å². The topological polar surface area (TPSA) is 48.2 Å². The van der Waals surface area contributed by atoms with Gasteiger partial charge in [0, 0.05) is 12.6 Å². The van der Waals surface area contributed by atoms with Crippen molar-refractivity contribution in [2.24, 2.45) is 4.99 Å². The Hall–Kier alpha value is -1.30. The smallest absolute Gasteiger partial charge is 0.182 e. The molecule has 3 heteroatoms. The van der Waals surface area contributed by atoms with Crippen LogP contribution >= 0.6 is 0 Å². The normalized spacial score (nSPS) is 16.1. The third-order valence-electron chi connectivity index (χ3n) is 1.08. The molecule has 0 bridgehead atoms. The summed E-state index contributed by atoms with van der Waals surface area (Å²) in [6.07, 6.45) is 7.34. The molecule has 0 saturated carbocycles. The first-order valence-electron chi connectivity index (χ1n) is 2.80. The standard InChI is InChI=1S/C6H7N3/c7-5-9-6-3-1-2-4-8-6/h2,4H,1,3H2,(H,8,9). The van der Waals surface area contributed by atoms with Gasteiger partial charge in [0.25, 0.3) is 0 Å².